The Morgan fingerprint density at radius 2 is 1.95 bits per heavy atom. The van der Waals surface area contributed by atoms with Crippen LogP contribution in [-0.4, -0.2) is 19.2 Å². The first-order valence-electron chi connectivity index (χ1n) is 7.61. The Hall–Kier alpha value is -0.540. The minimum absolute atomic E-state index is 0.304. The molecule has 1 atom stereocenters. The van der Waals surface area contributed by atoms with E-state index in [1.165, 1.54) is 12.8 Å². The third-order valence-corrected chi connectivity index (χ3v) is 5.05. The van der Waals surface area contributed by atoms with E-state index in [0.717, 1.165) is 35.8 Å². The number of ether oxygens (including phenoxy) is 1. The van der Waals surface area contributed by atoms with Crippen LogP contribution in [0.4, 0.5) is 0 Å². The molecule has 0 heterocycles. The van der Waals surface area contributed by atoms with Crippen LogP contribution in [0.5, 0.6) is 5.75 Å². The lowest BCUT2D eigenvalue weighted by Gasteiger charge is -2.34. The first-order valence-corrected chi connectivity index (χ1v) is 8.41. The van der Waals surface area contributed by atoms with E-state index in [1.807, 2.05) is 24.3 Å². The number of hydrogen-bond donors (Lipinski definition) is 1. The molecule has 1 aliphatic rings. The predicted molar refractivity (Wildman–Crippen MR) is 88.2 cm³/mol. The molecule has 0 saturated heterocycles. The summed E-state index contributed by atoms with van der Waals surface area (Å²) in [5.74, 6) is 1.61. The highest BCUT2D eigenvalue weighted by Gasteiger charge is 2.31. The smallest absolute Gasteiger partial charge is 0.119 e. The average Bonchev–Trinajstić information content (AvgIpc) is 3.23. The zero-order valence-electron chi connectivity index (χ0n) is 12.8. The van der Waals surface area contributed by atoms with Crippen molar-refractivity contribution < 1.29 is 4.74 Å². The fourth-order valence-electron chi connectivity index (χ4n) is 2.18. The minimum Gasteiger partial charge on any atom is -0.494 e. The summed E-state index contributed by atoms with van der Waals surface area (Å²) in [7, 11) is 0. The van der Waals surface area contributed by atoms with Crippen molar-refractivity contribution in [2.45, 2.75) is 46.1 Å². The number of benzene rings is 1. The van der Waals surface area contributed by atoms with Gasteiger partial charge in [0.15, 0.2) is 0 Å². The third-order valence-electron chi connectivity index (χ3n) is 4.52. The van der Waals surface area contributed by atoms with Gasteiger partial charge in [-0.3, -0.25) is 0 Å². The van der Waals surface area contributed by atoms with Gasteiger partial charge in [0, 0.05) is 17.1 Å². The molecule has 1 saturated carbocycles. The highest BCUT2D eigenvalue weighted by Crippen LogP contribution is 2.32. The highest BCUT2D eigenvalue weighted by molar-refractivity contribution is 9.10. The van der Waals surface area contributed by atoms with Crippen LogP contribution in [0.2, 0.25) is 0 Å². The summed E-state index contributed by atoms with van der Waals surface area (Å²) in [6.07, 6.45) is 3.79. The molecule has 3 heteroatoms. The molecule has 20 heavy (non-hydrogen) atoms. The van der Waals surface area contributed by atoms with E-state index >= 15 is 0 Å². The first kappa shape index (κ1) is 15.8. The standard InChI is InChI=1S/C17H26BrNO/c1-13(2)17(3,12-19-15-6-7-15)10-11-20-16-8-4-14(18)5-9-16/h4-5,8-9,13,15,19H,6-7,10-12H2,1-3H3. The summed E-state index contributed by atoms with van der Waals surface area (Å²) in [5.41, 5.74) is 0.304. The van der Waals surface area contributed by atoms with E-state index in [9.17, 15) is 0 Å². The van der Waals surface area contributed by atoms with Gasteiger partial charge in [-0.05, 0) is 54.9 Å². The molecule has 0 radical (unpaired) electrons. The molecule has 1 N–H and O–H groups in total. The molecular formula is C17H26BrNO. The second-order valence-corrected chi connectivity index (χ2v) is 7.43. The molecule has 0 aliphatic heterocycles. The molecule has 112 valence electrons. The van der Waals surface area contributed by atoms with Gasteiger partial charge in [-0.2, -0.15) is 0 Å². The lowest BCUT2D eigenvalue weighted by atomic mass is 9.76. The van der Waals surface area contributed by atoms with E-state index in [4.69, 9.17) is 4.74 Å². The van der Waals surface area contributed by atoms with E-state index in [1.54, 1.807) is 0 Å². The Balaban J connectivity index is 1.79. The second kappa shape index (κ2) is 6.95. The largest absolute Gasteiger partial charge is 0.494 e. The van der Waals surface area contributed by atoms with Crippen LogP contribution in [0.25, 0.3) is 0 Å². The van der Waals surface area contributed by atoms with E-state index in [-0.39, 0.29) is 0 Å². The SMILES string of the molecule is CC(C)C(C)(CCOc1ccc(Br)cc1)CNC1CC1. The Morgan fingerprint density at radius 3 is 2.50 bits per heavy atom. The Labute approximate surface area is 131 Å². The summed E-state index contributed by atoms with van der Waals surface area (Å²) in [4.78, 5) is 0. The molecule has 0 aromatic heterocycles. The molecule has 0 amide bonds. The molecule has 2 nitrogen and oxygen atoms in total. The van der Waals surface area contributed by atoms with Crippen LogP contribution in [0.15, 0.2) is 28.7 Å². The minimum atomic E-state index is 0.304. The Kier molecular flexibility index (Phi) is 5.50. The summed E-state index contributed by atoms with van der Waals surface area (Å²) in [6.45, 7) is 8.88. The van der Waals surface area contributed by atoms with Gasteiger partial charge in [0.2, 0.25) is 0 Å². The average molecular weight is 340 g/mol. The normalized spacial score (nSPS) is 18.1. The van der Waals surface area contributed by atoms with Crippen molar-refractivity contribution in [1.82, 2.24) is 5.32 Å². The topological polar surface area (TPSA) is 21.3 Å². The Bertz CT molecular complexity index is 414. The van der Waals surface area contributed by atoms with Gasteiger partial charge in [-0.1, -0.05) is 36.7 Å². The van der Waals surface area contributed by atoms with E-state index in [0.29, 0.717) is 11.3 Å². The molecule has 1 fully saturated rings. The fraction of sp³-hybridized carbons (Fsp3) is 0.647. The number of halogens is 1. The summed E-state index contributed by atoms with van der Waals surface area (Å²) in [5, 5.41) is 3.67. The van der Waals surface area contributed by atoms with Crippen LogP contribution in [0, 0.1) is 11.3 Å². The molecule has 1 aromatic carbocycles. The second-order valence-electron chi connectivity index (χ2n) is 6.52. The third kappa shape index (κ3) is 4.78. The lowest BCUT2D eigenvalue weighted by Crippen LogP contribution is -2.38. The quantitative estimate of drug-likeness (QED) is 0.745. The molecule has 1 aromatic rings. The van der Waals surface area contributed by atoms with Crippen LogP contribution < -0.4 is 10.1 Å². The summed E-state index contributed by atoms with van der Waals surface area (Å²) < 4.78 is 6.97. The maximum Gasteiger partial charge on any atom is 0.119 e. The number of nitrogens with one attached hydrogen (secondary N) is 1. The van der Waals surface area contributed by atoms with Gasteiger partial charge < -0.3 is 10.1 Å². The van der Waals surface area contributed by atoms with Crippen LogP contribution in [-0.2, 0) is 0 Å². The van der Waals surface area contributed by atoms with Crippen molar-refractivity contribution in [3.05, 3.63) is 28.7 Å². The van der Waals surface area contributed by atoms with Crippen LogP contribution in [0.3, 0.4) is 0 Å². The van der Waals surface area contributed by atoms with Gasteiger partial charge in [-0.25, -0.2) is 0 Å². The van der Waals surface area contributed by atoms with Crippen molar-refractivity contribution in [2.75, 3.05) is 13.2 Å². The van der Waals surface area contributed by atoms with Gasteiger partial charge >= 0.3 is 0 Å². The van der Waals surface area contributed by atoms with Gasteiger partial charge in [0.25, 0.3) is 0 Å². The maximum absolute atomic E-state index is 5.88. The van der Waals surface area contributed by atoms with Crippen molar-refractivity contribution in [2.24, 2.45) is 11.3 Å². The van der Waals surface area contributed by atoms with E-state index < -0.39 is 0 Å². The Morgan fingerprint density at radius 1 is 1.30 bits per heavy atom. The lowest BCUT2D eigenvalue weighted by molar-refractivity contribution is 0.150. The van der Waals surface area contributed by atoms with E-state index in [2.05, 4.69) is 42.0 Å². The van der Waals surface area contributed by atoms with Gasteiger partial charge in [-0.15, -0.1) is 0 Å². The number of rotatable bonds is 8. The van der Waals surface area contributed by atoms with Crippen molar-refractivity contribution in [3.63, 3.8) is 0 Å². The zero-order valence-corrected chi connectivity index (χ0v) is 14.4. The monoisotopic (exact) mass is 339 g/mol. The van der Waals surface area contributed by atoms with Crippen molar-refractivity contribution in [3.8, 4) is 5.75 Å². The van der Waals surface area contributed by atoms with Crippen molar-refractivity contribution >= 4 is 15.9 Å². The van der Waals surface area contributed by atoms with Gasteiger partial charge in [0.05, 0.1) is 6.61 Å². The molecule has 1 unspecified atom stereocenters. The highest BCUT2D eigenvalue weighted by atomic mass is 79.9. The summed E-state index contributed by atoms with van der Waals surface area (Å²) >= 11 is 3.44. The van der Waals surface area contributed by atoms with Gasteiger partial charge in [0.1, 0.15) is 5.75 Å². The number of hydrogen-bond acceptors (Lipinski definition) is 2. The first-order chi connectivity index (χ1) is 9.49. The van der Waals surface area contributed by atoms with Crippen LogP contribution >= 0.6 is 15.9 Å². The molecule has 0 bridgehead atoms. The molecular weight excluding hydrogens is 314 g/mol. The zero-order chi connectivity index (χ0) is 14.6. The fourth-order valence-corrected chi connectivity index (χ4v) is 2.44. The predicted octanol–water partition coefficient (Wildman–Crippen LogP) is 4.63. The molecule has 0 spiro atoms. The summed E-state index contributed by atoms with van der Waals surface area (Å²) in [6, 6.07) is 8.84. The van der Waals surface area contributed by atoms with Crippen molar-refractivity contribution in [1.29, 1.82) is 0 Å². The maximum atomic E-state index is 5.88. The molecule has 1 aliphatic carbocycles. The molecule has 2 rings (SSSR count). The van der Waals surface area contributed by atoms with Crippen LogP contribution in [0.1, 0.15) is 40.0 Å².